The summed E-state index contributed by atoms with van der Waals surface area (Å²) in [6.07, 6.45) is 5.47. The Balaban J connectivity index is 1.75. The van der Waals surface area contributed by atoms with E-state index in [1.807, 2.05) is 6.20 Å². The van der Waals surface area contributed by atoms with Crippen molar-refractivity contribution in [2.75, 3.05) is 25.1 Å². The molecule has 0 aliphatic carbocycles. The lowest BCUT2D eigenvalue weighted by atomic mass is 9.97. The molecule has 0 atom stereocenters. The first-order valence-electron chi connectivity index (χ1n) is 6.19. The van der Waals surface area contributed by atoms with Gasteiger partial charge in [0.15, 0.2) is 0 Å². The highest BCUT2D eigenvalue weighted by atomic mass is 79.9. The van der Waals surface area contributed by atoms with Crippen LogP contribution in [0.25, 0.3) is 0 Å². The Hall–Kier alpha value is -0.610. The topological polar surface area (TPSA) is 34.1 Å². The number of hydrogen-bond acceptors (Lipinski definition) is 3. The monoisotopic (exact) mass is 298 g/mol. The smallest absolute Gasteiger partial charge is 0.126 e. The molecular formula is C13H19BrN2O. The van der Waals surface area contributed by atoms with Crippen molar-refractivity contribution < 1.29 is 4.74 Å². The Morgan fingerprint density at radius 3 is 2.94 bits per heavy atom. The fourth-order valence-corrected chi connectivity index (χ4v) is 2.29. The van der Waals surface area contributed by atoms with E-state index in [0.29, 0.717) is 0 Å². The molecule has 2 heterocycles. The van der Waals surface area contributed by atoms with Crippen LogP contribution < -0.4 is 5.32 Å². The second-order valence-electron chi connectivity index (χ2n) is 4.59. The number of pyridine rings is 1. The first kappa shape index (κ1) is 12.8. The van der Waals surface area contributed by atoms with Gasteiger partial charge in [-0.15, -0.1) is 0 Å². The second-order valence-corrected chi connectivity index (χ2v) is 5.44. The summed E-state index contributed by atoms with van der Waals surface area (Å²) in [7, 11) is 0. The van der Waals surface area contributed by atoms with Gasteiger partial charge in [0.25, 0.3) is 0 Å². The first-order valence-corrected chi connectivity index (χ1v) is 6.99. The van der Waals surface area contributed by atoms with Crippen molar-refractivity contribution in [1.29, 1.82) is 0 Å². The van der Waals surface area contributed by atoms with Crippen LogP contribution in [0.2, 0.25) is 0 Å². The molecule has 94 valence electrons. The summed E-state index contributed by atoms with van der Waals surface area (Å²) in [5, 5.41) is 3.39. The molecule has 0 saturated carbocycles. The average Bonchev–Trinajstić information content (AvgIpc) is 2.35. The van der Waals surface area contributed by atoms with Gasteiger partial charge in [0, 0.05) is 30.4 Å². The number of nitrogens with zero attached hydrogens (tertiary/aromatic N) is 1. The third-order valence-electron chi connectivity index (χ3n) is 3.25. The van der Waals surface area contributed by atoms with Crippen LogP contribution in [-0.2, 0) is 4.74 Å². The van der Waals surface area contributed by atoms with Gasteiger partial charge in [-0.25, -0.2) is 4.98 Å². The van der Waals surface area contributed by atoms with E-state index in [0.717, 1.165) is 36.0 Å². The SMILES string of the molecule is Cc1cc(NCCC2CCOCC2)ncc1Br. The van der Waals surface area contributed by atoms with Gasteiger partial charge in [-0.1, -0.05) is 0 Å². The van der Waals surface area contributed by atoms with E-state index in [-0.39, 0.29) is 0 Å². The molecule has 1 aliphatic heterocycles. The van der Waals surface area contributed by atoms with Crippen molar-refractivity contribution in [3.63, 3.8) is 0 Å². The summed E-state index contributed by atoms with van der Waals surface area (Å²) in [6, 6.07) is 2.08. The maximum atomic E-state index is 5.36. The van der Waals surface area contributed by atoms with Gasteiger partial charge < -0.3 is 10.1 Å². The summed E-state index contributed by atoms with van der Waals surface area (Å²) in [5.41, 5.74) is 1.22. The molecule has 1 fully saturated rings. The summed E-state index contributed by atoms with van der Waals surface area (Å²) < 4.78 is 6.42. The number of anilines is 1. The standard InChI is InChI=1S/C13H19BrN2O/c1-10-8-13(16-9-12(10)14)15-5-2-11-3-6-17-7-4-11/h8-9,11H,2-7H2,1H3,(H,15,16). The van der Waals surface area contributed by atoms with Crippen molar-refractivity contribution >= 4 is 21.7 Å². The van der Waals surface area contributed by atoms with E-state index >= 15 is 0 Å². The van der Waals surface area contributed by atoms with Crippen LogP contribution in [0.3, 0.4) is 0 Å². The quantitative estimate of drug-likeness (QED) is 0.925. The van der Waals surface area contributed by atoms with E-state index in [9.17, 15) is 0 Å². The van der Waals surface area contributed by atoms with E-state index in [2.05, 4.69) is 39.2 Å². The molecule has 1 aliphatic rings. The number of rotatable bonds is 4. The maximum Gasteiger partial charge on any atom is 0.126 e. The van der Waals surface area contributed by atoms with Crippen molar-refractivity contribution in [2.45, 2.75) is 26.2 Å². The lowest BCUT2D eigenvalue weighted by Gasteiger charge is -2.22. The average molecular weight is 299 g/mol. The van der Waals surface area contributed by atoms with Crippen LogP contribution in [0.15, 0.2) is 16.7 Å². The van der Waals surface area contributed by atoms with Crippen molar-refractivity contribution in [2.24, 2.45) is 5.92 Å². The zero-order valence-corrected chi connectivity index (χ0v) is 11.8. The molecule has 0 radical (unpaired) electrons. The minimum atomic E-state index is 0.813. The van der Waals surface area contributed by atoms with Gasteiger partial charge in [0.05, 0.1) is 0 Å². The fourth-order valence-electron chi connectivity index (χ4n) is 2.08. The zero-order valence-electron chi connectivity index (χ0n) is 10.2. The first-order chi connectivity index (χ1) is 8.25. The Kier molecular flexibility index (Phi) is 4.80. The van der Waals surface area contributed by atoms with Crippen LogP contribution in [0.4, 0.5) is 5.82 Å². The van der Waals surface area contributed by atoms with Gasteiger partial charge in [0.2, 0.25) is 0 Å². The van der Waals surface area contributed by atoms with Gasteiger partial charge in [-0.3, -0.25) is 0 Å². The Bertz CT molecular complexity index is 364. The fraction of sp³-hybridized carbons (Fsp3) is 0.615. The van der Waals surface area contributed by atoms with Crippen LogP contribution in [0.5, 0.6) is 0 Å². The molecule has 0 amide bonds. The van der Waals surface area contributed by atoms with Gasteiger partial charge >= 0.3 is 0 Å². The van der Waals surface area contributed by atoms with E-state index < -0.39 is 0 Å². The van der Waals surface area contributed by atoms with Gasteiger partial charge in [-0.05, 0) is 59.7 Å². The van der Waals surface area contributed by atoms with Crippen molar-refractivity contribution in [1.82, 2.24) is 4.98 Å². The zero-order chi connectivity index (χ0) is 12.1. The number of aromatic nitrogens is 1. The summed E-state index contributed by atoms with van der Waals surface area (Å²) >= 11 is 3.46. The molecule has 1 aromatic heterocycles. The molecule has 3 nitrogen and oxygen atoms in total. The minimum absolute atomic E-state index is 0.813. The van der Waals surface area contributed by atoms with Gasteiger partial charge in [0.1, 0.15) is 5.82 Å². The molecule has 0 unspecified atom stereocenters. The van der Waals surface area contributed by atoms with Crippen molar-refractivity contribution in [3.05, 3.63) is 22.3 Å². The highest BCUT2D eigenvalue weighted by molar-refractivity contribution is 9.10. The molecule has 0 bridgehead atoms. The summed E-state index contributed by atoms with van der Waals surface area (Å²) in [5.74, 6) is 1.78. The molecule has 17 heavy (non-hydrogen) atoms. The van der Waals surface area contributed by atoms with Crippen LogP contribution in [0, 0.1) is 12.8 Å². The normalized spacial score (nSPS) is 17.1. The number of halogens is 1. The lowest BCUT2D eigenvalue weighted by molar-refractivity contribution is 0.0649. The van der Waals surface area contributed by atoms with Gasteiger partial charge in [-0.2, -0.15) is 0 Å². The highest BCUT2D eigenvalue weighted by Crippen LogP contribution is 2.20. The predicted octanol–water partition coefficient (Wildman–Crippen LogP) is 3.38. The third kappa shape index (κ3) is 3.96. The molecule has 1 aromatic rings. The summed E-state index contributed by atoms with van der Waals surface area (Å²) in [6.45, 7) is 4.94. The number of hydrogen-bond donors (Lipinski definition) is 1. The molecule has 4 heteroatoms. The number of aryl methyl sites for hydroxylation is 1. The van der Waals surface area contributed by atoms with Crippen LogP contribution in [0.1, 0.15) is 24.8 Å². The van der Waals surface area contributed by atoms with Crippen LogP contribution >= 0.6 is 15.9 Å². The molecule has 0 spiro atoms. The Morgan fingerprint density at radius 2 is 2.24 bits per heavy atom. The second kappa shape index (κ2) is 6.36. The number of ether oxygens (including phenoxy) is 1. The maximum absolute atomic E-state index is 5.36. The lowest BCUT2D eigenvalue weighted by Crippen LogP contribution is -2.18. The molecule has 0 aromatic carbocycles. The highest BCUT2D eigenvalue weighted by Gasteiger charge is 2.12. The molecule has 2 rings (SSSR count). The van der Waals surface area contributed by atoms with Crippen LogP contribution in [-0.4, -0.2) is 24.7 Å². The molecule has 1 saturated heterocycles. The number of nitrogens with one attached hydrogen (secondary N) is 1. The van der Waals surface area contributed by atoms with Crippen molar-refractivity contribution in [3.8, 4) is 0 Å². The van der Waals surface area contributed by atoms with E-state index in [1.54, 1.807) is 0 Å². The largest absolute Gasteiger partial charge is 0.381 e. The summed E-state index contributed by atoms with van der Waals surface area (Å²) in [4.78, 5) is 4.34. The Morgan fingerprint density at radius 1 is 1.47 bits per heavy atom. The Labute approximate surface area is 111 Å². The van der Waals surface area contributed by atoms with E-state index in [1.165, 1.54) is 24.8 Å². The van der Waals surface area contributed by atoms with E-state index in [4.69, 9.17) is 4.74 Å². The molecular weight excluding hydrogens is 280 g/mol. The minimum Gasteiger partial charge on any atom is -0.381 e. The third-order valence-corrected chi connectivity index (χ3v) is 4.08. The predicted molar refractivity (Wildman–Crippen MR) is 73.3 cm³/mol. The molecule has 1 N–H and O–H groups in total.